The second-order valence-corrected chi connectivity index (χ2v) is 5.97. The lowest BCUT2D eigenvalue weighted by atomic mass is 9.88. The second-order valence-electron chi connectivity index (χ2n) is 5.97. The van der Waals surface area contributed by atoms with Crippen molar-refractivity contribution in [1.82, 2.24) is 0 Å². The maximum Gasteiger partial charge on any atom is 0.138 e. The molecule has 2 aromatic rings. The maximum absolute atomic E-state index is 9.75. The first-order chi connectivity index (χ1) is 10.2. The van der Waals surface area contributed by atoms with Crippen LogP contribution in [0.1, 0.15) is 42.4 Å². The van der Waals surface area contributed by atoms with Crippen LogP contribution in [0, 0.1) is 6.92 Å². The first-order valence-electron chi connectivity index (χ1n) is 7.57. The van der Waals surface area contributed by atoms with Gasteiger partial charge in [0.25, 0.3) is 0 Å². The van der Waals surface area contributed by atoms with Crippen molar-refractivity contribution in [1.29, 1.82) is 0 Å². The Morgan fingerprint density at radius 2 is 1.57 bits per heavy atom. The third-order valence-electron chi connectivity index (χ3n) is 4.42. The fraction of sp³-hybridized carbons (Fsp3) is 0.263. The molecule has 2 aromatic carbocycles. The lowest BCUT2D eigenvalue weighted by Crippen LogP contribution is -2.04. The molecule has 0 atom stereocenters. The summed E-state index contributed by atoms with van der Waals surface area (Å²) in [5.74, 6) is 1.92. The van der Waals surface area contributed by atoms with Gasteiger partial charge < -0.3 is 9.84 Å². The van der Waals surface area contributed by atoms with E-state index in [1.807, 2.05) is 6.07 Å². The first kappa shape index (κ1) is 12.5. The van der Waals surface area contributed by atoms with Gasteiger partial charge in [-0.15, -0.1) is 0 Å². The Hall–Kier alpha value is -2.22. The van der Waals surface area contributed by atoms with Crippen molar-refractivity contribution >= 4 is 5.57 Å². The summed E-state index contributed by atoms with van der Waals surface area (Å²) in [6.07, 6.45) is 4.88. The van der Waals surface area contributed by atoms with Crippen molar-refractivity contribution in [2.75, 3.05) is 0 Å². The minimum absolute atomic E-state index is 0.251. The first-order valence-corrected chi connectivity index (χ1v) is 7.57. The molecule has 4 rings (SSSR count). The van der Waals surface area contributed by atoms with Gasteiger partial charge in [0.15, 0.2) is 0 Å². The van der Waals surface area contributed by atoms with Crippen LogP contribution >= 0.6 is 0 Å². The van der Waals surface area contributed by atoms with Crippen LogP contribution in [-0.4, -0.2) is 5.11 Å². The summed E-state index contributed by atoms with van der Waals surface area (Å²) < 4.78 is 6.03. The summed E-state index contributed by atoms with van der Waals surface area (Å²) >= 11 is 0. The monoisotopic (exact) mass is 278 g/mol. The van der Waals surface area contributed by atoms with Gasteiger partial charge in [-0.25, -0.2) is 0 Å². The molecule has 1 fully saturated rings. The smallest absolute Gasteiger partial charge is 0.138 e. The van der Waals surface area contributed by atoms with Crippen LogP contribution in [-0.2, 0) is 0 Å². The van der Waals surface area contributed by atoms with Crippen molar-refractivity contribution in [3.05, 3.63) is 58.7 Å². The Morgan fingerprint density at radius 3 is 2.33 bits per heavy atom. The maximum atomic E-state index is 9.75. The van der Waals surface area contributed by atoms with E-state index >= 15 is 0 Å². The number of aromatic hydroxyl groups is 1. The standard InChI is InChI=1S/C19H18O2/c1-12-6-8-15-17(10-12)21-18-11-14(20)7-9-16(18)19(15)13-4-2-3-5-13/h6-11,20H,2-5H2,1H3. The van der Waals surface area contributed by atoms with E-state index in [2.05, 4.69) is 25.1 Å². The number of hydrogen-bond donors (Lipinski definition) is 1. The predicted octanol–water partition coefficient (Wildman–Crippen LogP) is 5.18. The van der Waals surface area contributed by atoms with E-state index in [9.17, 15) is 5.11 Å². The molecule has 2 aliphatic rings. The summed E-state index contributed by atoms with van der Waals surface area (Å²) in [6, 6.07) is 11.8. The van der Waals surface area contributed by atoms with Gasteiger partial charge in [0.1, 0.15) is 17.2 Å². The van der Waals surface area contributed by atoms with Gasteiger partial charge in [-0.1, -0.05) is 17.7 Å². The SMILES string of the molecule is Cc1ccc2c(c1)Oc1cc(O)ccc1C2=C1CCCC1. The van der Waals surface area contributed by atoms with Crippen LogP contribution < -0.4 is 4.74 Å². The molecule has 21 heavy (non-hydrogen) atoms. The van der Waals surface area contributed by atoms with E-state index < -0.39 is 0 Å². The highest BCUT2D eigenvalue weighted by atomic mass is 16.5. The van der Waals surface area contributed by atoms with Gasteiger partial charge in [0.2, 0.25) is 0 Å². The van der Waals surface area contributed by atoms with Gasteiger partial charge >= 0.3 is 0 Å². The number of aryl methyl sites for hydroxylation is 1. The number of phenolic OH excluding ortho intramolecular Hbond substituents is 1. The number of hydrogen-bond acceptors (Lipinski definition) is 2. The molecular weight excluding hydrogens is 260 g/mol. The molecule has 0 spiro atoms. The van der Waals surface area contributed by atoms with E-state index in [1.165, 1.54) is 48.0 Å². The zero-order valence-corrected chi connectivity index (χ0v) is 12.1. The minimum atomic E-state index is 0.251. The second kappa shape index (κ2) is 4.66. The van der Waals surface area contributed by atoms with Crippen LogP contribution in [0.25, 0.3) is 5.57 Å². The van der Waals surface area contributed by atoms with Crippen LogP contribution in [0.2, 0.25) is 0 Å². The molecule has 0 amide bonds. The summed E-state index contributed by atoms with van der Waals surface area (Å²) in [5, 5.41) is 9.75. The number of rotatable bonds is 0. The fourth-order valence-electron chi connectivity index (χ4n) is 3.42. The Balaban J connectivity index is 2.00. The molecule has 1 aliphatic carbocycles. The number of phenols is 1. The average Bonchev–Trinajstić information content (AvgIpc) is 2.98. The molecule has 2 heteroatoms. The van der Waals surface area contributed by atoms with Crippen molar-refractivity contribution < 1.29 is 9.84 Å². The summed E-state index contributed by atoms with van der Waals surface area (Å²) in [5.41, 5.74) is 6.34. The van der Waals surface area contributed by atoms with Gasteiger partial charge in [-0.05, 0) is 61.9 Å². The third kappa shape index (κ3) is 2.02. The van der Waals surface area contributed by atoms with E-state index in [0.717, 1.165) is 17.1 Å². The lowest BCUT2D eigenvalue weighted by molar-refractivity contribution is 0.450. The van der Waals surface area contributed by atoms with Gasteiger partial charge in [-0.2, -0.15) is 0 Å². The van der Waals surface area contributed by atoms with Crippen molar-refractivity contribution in [3.8, 4) is 17.2 Å². The van der Waals surface area contributed by atoms with E-state index in [0.29, 0.717) is 0 Å². The third-order valence-corrected chi connectivity index (χ3v) is 4.42. The van der Waals surface area contributed by atoms with E-state index in [4.69, 9.17) is 4.74 Å². The number of fused-ring (bicyclic) bond motifs is 2. The van der Waals surface area contributed by atoms with E-state index in [1.54, 1.807) is 12.1 Å². The van der Waals surface area contributed by atoms with Crippen LogP contribution in [0.4, 0.5) is 0 Å². The molecule has 0 aromatic heterocycles. The van der Waals surface area contributed by atoms with Gasteiger partial charge in [0, 0.05) is 17.2 Å². The molecule has 0 saturated heterocycles. The normalized spacial score (nSPS) is 16.4. The zero-order chi connectivity index (χ0) is 14.4. The Morgan fingerprint density at radius 1 is 0.905 bits per heavy atom. The average molecular weight is 278 g/mol. The lowest BCUT2D eigenvalue weighted by Gasteiger charge is -2.25. The highest BCUT2D eigenvalue weighted by Gasteiger charge is 2.26. The van der Waals surface area contributed by atoms with Crippen LogP contribution in [0.3, 0.4) is 0 Å². The highest BCUT2D eigenvalue weighted by molar-refractivity contribution is 5.90. The molecule has 0 unspecified atom stereocenters. The summed E-state index contributed by atoms with van der Waals surface area (Å²) in [6.45, 7) is 2.07. The number of allylic oxidation sites excluding steroid dienone is 1. The molecule has 1 saturated carbocycles. The van der Waals surface area contributed by atoms with Crippen molar-refractivity contribution in [3.63, 3.8) is 0 Å². The fourth-order valence-corrected chi connectivity index (χ4v) is 3.42. The largest absolute Gasteiger partial charge is 0.508 e. The minimum Gasteiger partial charge on any atom is -0.508 e. The molecular formula is C19H18O2. The molecule has 1 heterocycles. The Labute approximate surface area is 124 Å². The predicted molar refractivity (Wildman–Crippen MR) is 83.8 cm³/mol. The van der Waals surface area contributed by atoms with Crippen LogP contribution in [0.5, 0.6) is 17.2 Å². The van der Waals surface area contributed by atoms with Crippen LogP contribution in [0.15, 0.2) is 42.0 Å². The molecule has 0 radical (unpaired) electrons. The van der Waals surface area contributed by atoms with Gasteiger partial charge in [0.05, 0.1) is 0 Å². The molecule has 106 valence electrons. The summed E-state index contributed by atoms with van der Waals surface area (Å²) in [7, 11) is 0. The van der Waals surface area contributed by atoms with Crippen molar-refractivity contribution in [2.45, 2.75) is 32.6 Å². The zero-order valence-electron chi connectivity index (χ0n) is 12.1. The quantitative estimate of drug-likeness (QED) is 0.613. The van der Waals surface area contributed by atoms with Crippen molar-refractivity contribution in [2.24, 2.45) is 0 Å². The molecule has 0 bridgehead atoms. The summed E-state index contributed by atoms with van der Waals surface area (Å²) in [4.78, 5) is 0. The Kier molecular flexibility index (Phi) is 2.78. The molecule has 1 N–H and O–H groups in total. The topological polar surface area (TPSA) is 29.5 Å². The number of benzene rings is 2. The van der Waals surface area contributed by atoms with Gasteiger partial charge in [-0.3, -0.25) is 0 Å². The highest BCUT2D eigenvalue weighted by Crippen LogP contribution is 2.48. The molecule has 2 nitrogen and oxygen atoms in total. The van der Waals surface area contributed by atoms with E-state index in [-0.39, 0.29) is 5.75 Å². The molecule has 1 aliphatic heterocycles. The number of ether oxygens (including phenoxy) is 1. The Bertz CT molecular complexity index is 695.